The van der Waals surface area contributed by atoms with Crippen LogP contribution in [0.1, 0.15) is 29.0 Å². The Hall–Kier alpha value is -0.781. The zero-order chi connectivity index (χ0) is 17.5. The van der Waals surface area contributed by atoms with Crippen molar-refractivity contribution in [2.24, 2.45) is 0 Å². The van der Waals surface area contributed by atoms with Crippen LogP contribution in [0.5, 0.6) is 0 Å². The third-order valence-corrected chi connectivity index (χ3v) is 3.47. The van der Waals surface area contributed by atoms with Crippen LogP contribution in [0.25, 0.3) is 10.8 Å². The second kappa shape index (κ2) is 3.12. The van der Waals surface area contributed by atoms with Crippen molar-refractivity contribution in [3.05, 3.63) is 46.9 Å². The van der Waals surface area contributed by atoms with Crippen LogP contribution in [0, 0.1) is 6.92 Å². The van der Waals surface area contributed by atoms with E-state index in [0.717, 1.165) is 0 Å². The molecule has 0 N–H and O–H groups in total. The molecule has 0 amide bonds. The first-order valence-corrected chi connectivity index (χ1v) is 5.87. The van der Waals surface area contributed by atoms with E-state index in [1.54, 1.807) is 0 Å². The van der Waals surface area contributed by atoms with Crippen LogP contribution in [-0.4, -0.2) is 15.0 Å². The molecule has 1 heteroatoms. The number of benzene rings is 2. The summed E-state index contributed by atoms with van der Waals surface area (Å²) in [7, 11) is 0. The van der Waals surface area contributed by atoms with Gasteiger partial charge in [0.15, 0.2) is 0 Å². The molecule has 3 rings (SSSR count). The van der Waals surface area contributed by atoms with Gasteiger partial charge in [0.25, 0.3) is 0 Å². The fourth-order valence-electron chi connectivity index (χ4n) is 1.50. The van der Waals surface area contributed by atoms with Gasteiger partial charge in [0, 0.05) is 0 Å². The van der Waals surface area contributed by atoms with E-state index in [-0.39, 0.29) is 45.6 Å². The first-order valence-electron chi connectivity index (χ1n) is 8.66. The Morgan fingerprint density at radius 1 is 1.21 bits per heavy atom. The molecular weight excluding hydrogens is 235 g/mol. The molecule has 1 aliphatic rings. The predicted molar refractivity (Wildman–Crippen MR) is 61.8 cm³/mol. The van der Waals surface area contributed by atoms with Crippen molar-refractivity contribution in [2.75, 3.05) is 0 Å². The molecular formula is C13H12Se. The van der Waals surface area contributed by atoms with Gasteiger partial charge in [-0.15, -0.1) is 0 Å². The van der Waals surface area contributed by atoms with Gasteiger partial charge in [0.1, 0.15) is 0 Å². The minimum atomic E-state index is -2.12. The van der Waals surface area contributed by atoms with Crippen LogP contribution in [0.3, 0.4) is 0 Å². The Kier molecular flexibility index (Phi) is 0.749. The van der Waals surface area contributed by atoms with Gasteiger partial charge in [-0.3, -0.25) is 0 Å². The molecule has 0 unspecified atom stereocenters. The van der Waals surface area contributed by atoms with Gasteiger partial charge in [-0.2, -0.15) is 0 Å². The topological polar surface area (TPSA) is 0 Å². The van der Waals surface area contributed by atoms with Crippen LogP contribution in [0.4, 0.5) is 0 Å². The van der Waals surface area contributed by atoms with Crippen molar-refractivity contribution in [2.45, 2.75) is 17.5 Å². The van der Waals surface area contributed by atoms with E-state index < -0.39 is 37.6 Å². The Balaban J connectivity index is 2.76. The van der Waals surface area contributed by atoms with E-state index in [9.17, 15) is 0 Å². The monoisotopic (exact) mass is 257 g/mol. The maximum atomic E-state index is 8.18. The van der Waals surface area contributed by atoms with E-state index in [0.29, 0.717) is 0 Å². The summed E-state index contributed by atoms with van der Waals surface area (Å²) in [6.07, 6.45) is 0. The minimum absolute atomic E-state index is 0.0395. The number of hydrogen-bond donors (Lipinski definition) is 0. The Labute approximate surface area is 103 Å². The fraction of sp³-hybridized carbons (Fsp3) is 0.231. The average Bonchev–Trinajstić information content (AvgIpc) is 2.39. The van der Waals surface area contributed by atoms with Crippen LogP contribution in [0.2, 0.25) is 0 Å². The molecule has 2 aromatic rings. The molecule has 0 atom stereocenters. The van der Waals surface area contributed by atoms with Crippen molar-refractivity contribution in [3.8, 4) is 0 Å². The molecule has 1 heterocycles. The van der Waals surface area contributed by atoms with Crippen LogP contribution < -0.4 is 0 Å². The normalized spacial score (nSPS) is 31.1. The summed E-state index contributed by atoms with van der Waals surface area (Å²) in [4.78, 5) is 0. The van der Waals surface area contributed by atoms with Gasteiger partial charge in [-0.25, -0.2) is 0 Å². The predicted octanol–water partition coefficient (Wildman–Crippen LogP) is 2.87. The number of rotatable bonds is 0. The third kappa shape index (κ3) is 1.13. The molecule has 2 aromatic carbocycles. The summed E-state index contributed by atoms with van der Waals surface area (Å²) in [5, 5.41) is -4.09. The van der Waals surface area contributed by atoms with Gasteiger partial charge < -0.3 is 0 Å². The van der Waals surface area contributed by atoms with Crippen molar-refractivity contribution in [1.82, 2.24) is 0 Å². The molecule has 0 nitrogen and oxygen atoms in total. The Morgan fingerprint density at radius 2 is 2.00 bits per heavy atom. The summed E-state index contributed by atoms with van der Waals surface area (Å²) in [5.41, 5.74) is 0.0138. The van der Waals surface area contributed by atoms with E-state index in [2.05, 4.69) is 0 Å². The van der Waals surface area contributed by atoms with Gasteiger partial charge in [-0.05, 0) is 0 Å². The molecule has 1 aliphatic heterocycles. The van der Waals surface area contributed by atoms with Gasteiger partial charge in [-0.1, -0.05) is 0 Å². The van der Waals surface area contributed by atoms with E-state index in [1.807, 2.05) is 0 Å². The summed E-state index contributed by atoms with van der Waals surface area (Å²) in [5.74, 6) is 0. The molecule has 0 fully saturated rings. The van der Waals surface area contributed by atoms with E-state index in [4.69, 9.17) is 12.3 Å². The van der Waals surface area contributed by atoms with Gasteiger partial charge in [0.2, 0.25) is 0 Å². The van der Waals surface area contributed by atoms with Crippen LogP contribution in [0.15, 0.2) is 30.2 Å². The first kappa shape index (κ1) is 3.37. The summed E-state index contributed by atoms with van der Waals surface area (Å²) >= 11 is -1.26. The van der Waals surface area contributed by atoms with Crippen LogP contribution >= 0.6 is 0 Å². The second-order valence-corrected chi connectivity index (χ2v) is 4.34. The van der Waals surface area contributed by atoms with Gasteiger partial charge in [0.05, 0.1) is 0 Å². The SMILES string of the molecule is [2H]c1c([2H])c2c3c(c([2H])c([2H])c(C)c3c1[2H])C([2H])([2H])[Se]C2([2H])[2H]. The second-order valence-electron chi connectivity index (χ2n) is 3.06. The Bertz CT molecular complexity index is 806. The number of hydrogen-bond acceptors (Lipinski definition) is 0. The number of aryl methyl sites for hydroxylation is 1. The molecule has 14 heavy (non-hydrogen) atoms. The van der Waals surface area contributed by atoms with E-state index in [1.165, 1.54) is 6.92 Å². The molecule has 0 saturated carbocycles. The fourth-order valence-corrected chi connectivity index (χ4v) is 2.68. The van der Waals surface area contributed by atoms with Crippen molar-refractivity contribution >= 4 is 25.7 Å². The summed E-state index contributed by atoms with van der Waals surface area (Å²) in [6, 6.07) is -1.72. The zero-order valence-corrected chi connectivity index (χ0v) is 9.12. The summed E-state index contributed by atoms with van der Waals surface area (Å²) in [6.45, 7) is 1.51. The molecule has 70 valence electrons. The van der Waals surface area contributed by atoms with Crippen molar-refractivity contribution in [1.29, 1.82) is 0 Å². The quantitative estimate of drug-likeness (QED) is 0.636. The molecule has 0 aromatic heterocycles. The summed E-state index contributed by atoms with van der Waals surface area (Å²) < 4.78 is 73.0. The average molecular weight is 256 g/mol. The molecule has 0 radical (unpaired) electrons. The first-order chi connectivity index (χ1) is 10.4. The van der Waals surface area contributed by atoms with Gasteiger partial charge >= 0.3 is 102 Å². The zero-order valence-electron chi connectivity index (χ0n) is 16.4. The molecule has 0 saturated heterocycles. The molecule has 0 spiro atoms. The van der Waals surface area contributed by atoms with Crippen molar-refractivity contribution in [3.63, 3.8) is 0 Å². The maximum absolute atomic E-state index is 8.18. The van der Waals surface area contributed by atoms with Crippen LogP contribution in [-0.2, 0) is 10.5 Å². The molecule has 0 bridgehead atoms. The van der Waals surface area contributed by atoms with Crippen molar-refractivity contribution < 1.29 is 12.3 Å². The van der Waals surface area contributed by atoms with E-state index >= 15 is 0 Å². The standard InChI is InChI=1S/C13H12Se/c1-9-5-6-11-8-14-7-10-3-2-4-12(9)13(10)11/h2-6H,7-8H2,1H3/i2D,3D,4D,5D,6D,7D2,8D2. The Morgan fingerprint density at radius 3 is 2.86 bits per heavy atom. The molecule has 0 aliphatic carbocycles. The third-order valence-electron chi connectivity index (χ3n) is 2.18.